The molecule has 0 saturated heterocycles. The molecule has 1 aliphatic carbocycles. The van der Waals surface area contributed by atoms with Crippen LogP contribution in [0.4, 0.5) is 5.00 Å². The maximum absolute atomic E-state index is 12.6. The highest BCUT2D eigenvalue weighted by Gasteiger charge is 2.25. The lowest BCUT2D eigenvalue weighted by molar-refractivity contribution is -0.111. The third-order valence-corrected chi connectivity index (χ3v) is 6.14. The summed E-state index contributed by atoms with van der Waals surface area (Å²) in [6.07, 6.45) is 9.54. The van der Waals surface area contributed by atoms with Gasteiger partial charge in [-0.2, -0.15) is 0 Å². The summed E-state index contributed by atoms with van der Waals surface area (Å²) in [4.78, 5) is 26.3. The van der Waals surface area contributed by atoms with E-state index in [-0.39, 0.29) is 11.9 Å². The maximum atomic E-state index is 12.6. The zero-order valence-electron chi connectivity index (χ0n) is 15.9. The number of halogens is 1. The lowest BCUT2D eigenvalue weighted by Crippen LogP contribution is -2.13. The summed E-state index contributed by atoms with van der Waals surface area (Å²) in [5.41, 5.74) is 2.47. The number of carbonyl (C=O) groups is 2. The predicted octanol–water partition coefficient (Wildman–Crippen LogP) is 5.89. The Morgan fingerprint density at radius 3 is 2.57 bits per heavy atom. The van der Waals surface area contributed by atoms with Crippen LogP contribution >= 0.6 is 22.9 Å². The van der Waals surface area contributed by atoms with Crippen molar-refractivity contribution in [2.75, 3.05) is 11.9 Å². The molecule has 1 aromatic heterocycles. The number of benzene rings is 1. The van der Waals surface area contributed by atoms with Gasteiger partial charge in [0.25, 0.3) is 0 Å². The first-order valence-corrected chi connectivity index (χ1v) is 10.8. The van der Waals surface area contributed by atoms with Crippen LogP contribution in [-0.4, -0.2) is 18.5 Å². The molecule has 148 valence electrons. The Morgan fingerprint density at radius 1 is 1.14 bits per heavy atom. The molecule has 1 N–H and O–H groups in total. The van der Waals surface area contributed by atoms with Gasteiger partial charge in [0.15, 0.2) is 0 Å². The Labute approximate surface area is 174 Å². The molecule has 1 aliphatic rings. The SMILES string of the molecule is CCOC(=O)c1c(NC(=O)C=Cc2ccc(Cl)cc2)sc2c1CCCCCC2. The van der Waals surface area contributed by atoms with Crippen molar-refractivity contribution in [3.8, 4) is 0 Å². The van der Waals surface area contributed by atoms with E-state index in [1.807, 2.05) is 12.1 Å². The zero-order chi connectivity index (χ0) is 19.9. The van der Waals surface area contributed by atoms with E-state index in [9.17, 15) is 9.59 Å². The number of hydrogen-bond donors (Lipinski definition) is 1. The highest BCUT2D eigenvalue weighted by atomic mass is 35.5. The third-order valence-electron chi connectivity index (χ3n) is 4.68. The van der Waals surface area contributed by atoms with E-state index >= 15 is 0 Å². The first kappa shape index (κ1) is 20.6. The first-order valence-electron chi connectivity index (χ1n) is 9.64. The normalized spacial score (nSPS) is 14.2. The summed E-state index contributed by atoms with van der Waals surface area (Å²) < 4.78 is 5.27. The van der Waals surface area contributed by atoms with Gasteiger partial charge in [-0.05, 0) is 61.9 Å². The molecule has 28 heavy (non-hydrogen) atoms. The number of fused-ring (bicyclic) bond motifs is 1. The van der Waals surface area contributed by atoms with E-state index in [1.54, 1.807) is 25.1 Å². The Morgan fingerprint density at radius 2 is 1.86 bits per heavy atom. The predicted molar refractivity (Wildman–Crippen MR) is 115 cm³/mol. The Kier molecular flexibility index (Phi) is 7.29. The highest BCUT2D eigenvalue weighted by molar-refractivity contribution is 7.17. The largest absolute Gasteiger partial charge is 0.462 e. The van der Waals surface area contributed by atoms with Crippen molar-refractivity contribution >= 4 is 45.9 Å². The van der Waals surface area contributed by atoms with E-state index in [1.165, 1.54) is 35.1 Å². The average Bonchev–Trinajstić information content (AvgIpc) is 2.97. The molecule has 0 fully saturated rings. The molecule has 1 heterocycles. The lowest BCUT2D eigenvalue weighted by Gasteiger charge is -2.11. The summed E-state index contributed by atoms with van der Waals surface area (Å²) in [5, 5.41) is 4.14. The zero-order valence-corrected chi connectivity index (χ0v) is 17.5. The number of ether oxygens (including phenoxy) is 1. The van der Waals surface area contributed by atoms with E-state index < -0.39 is 0 Å². The second-order valence-electron chi connectivity index (χ2n) is 6.72. The average molecular weight is 418 g/mol. The molecular formula is C22H24ClNO3S. The molecule has 1 aromatic carbocycles. The number of aryl methyl sites for hydroxylation is 1. The smallest absolute Gasteiger partial charge is 0.341 e. The summed E-state index contributed by atoms with van der Waals surface area (Å²) in [5.74, 6) is -0.618. The van der Waals surface area contributed by atoms with E-state index in [0.29, 0.717) is 22.2 Å². The summed E-state index contributed by atoms with van der Waals surface area (Å²) in [7, 11) is 0. The number of rotatable bonds is 5. The first-order chi connectivity index (χ1) is 13.6. The number of esters is 1. The molecule has 6 heteroatoms. The molecular weight excluding hydrogens is 394 g/mol. The Balaban J connectivity index is 1.83. The van der Waals surface area contributed by atoms with Crippen molar-refractivity contribution in [2.24, 2.45) is 0 Å². The second-order valence-corrected chi connectivity index (χ2v) is 8.26. The van der Waals surface area contributed by atoms with Gasteiger partial charge in [-0.15, -0.1) is 11.3 Å². The van der Waals surface area contributed by atoms with Gasteiger partial charge in [-0.1, -0.05) is 36.6 Å². The fourth-order valence-corrected chi connectivity index (χ4v) is 4.73. The number of carbonyl (C=O) groups excluding carboxylic acids is 2. The summed E-state index contributed by atoms with van der Waals surface area (Å²) >= 11 is 7.39. The molecule has 0 radical (unpaired) electrons. The van der Waals surface area contributed by atoms with Gasteiger partial charge in [0.2, 0.25) is 5.91 Å². The van der Waals surface area contributed by atoms with Crippen LogP contribution < -0.4 is 5.32 Å². The van der Waals surface area contributed by atoms with Crippen LogP contribution in [0.15, 0.2) is 30.3 Å². The molecule has 1 amide bonds. The van der Waals surface area contributed by atoms with Crippen LogP contribution in [0.1, 0.15) is 59.0 Å². The number of anilines is 1. The Hall–Kier alpha value is -2.11. The number of amides is 1. The van der Waals surface area contributed by atoms with Gasteiger partial charge in [-0.3, -0.25) is 4.79 Å². The molecule has 0 saturated carbocycles. The van der Waals surface area contributed by atoms with Crippen LogP contribution in [0.5, 0.6) is 0 Å². The van der Waals surface area contributed by atoms with Crippen molar-refractivity contribution in [2.45, 2.75) is 45.4 Å². The summed E-state index contributed by atoms with van der Waals surface area (Å²) in [6, 6.07) is 7.23. The number of nitrogens with one attached hydrogen (secondary N) is 1. The van der Waals surface area contributed by atoms with Gasteiger partial charge < -0.3 is 10.1 Å². The number of hydrogen-bond acceptors (Lipinski definition) is 4. The minimum atomic E-state index is -0.349. The minimum Gasteiger partial charge on any atom is -0.462 e. The standard InChI is InChI=1S/C22H24ClNO3S/c1-2-27-22(26)20-17-7-5-3-4-6-8-18(17)28-21(20)24-19(25)14-11-15-9-12-16(23)13-10-15/h9-14H,2-8H2,1H3,(H,24,25). The van der Waals surface area contributed by atoms with Crippen molar-refractivity contribution < 1.29 is 14.3 Å². The van der Waals surface area contributed by atoms with E-state index in [2.05, 4.69) is 5.32 Å². The molecule has 3 rings (SSSR count). The van der Waals surface area contributed by atoms with Crippen LogP contribution in [0.2, 0.25) is 5.02 Å². The molecule has 2 aromatic rings. The quantitative estimate of drug-likeness (QED) is 0.487. The van der Waals surface area contributed by atoms with Crippen molar-refractivity contribution in [3.63, 3.8) is 0 Å². The molecule has 0 aliphatic heterocycles. The Bertz CT molecular complexity index is 871. The van der Waals surface area contributed by atoms with Gasteiger partial charge >= 0.3 is 5.97 Å². The molecule has 0 unspecified atom stereocenters. The minimum absolute atomic E-state index is 0.269. The monoisotopic (exact) mass is 417 g/mol. The lowest BCUT2D eigenvalue weighted by atomic mass is 9.96. The molecule has 0 atom stereocenters. The molecule has 0 bridgehead atoms. The van der Waals surface area contributed by atoms with Gasteiger partial charge in [0, 0.05) is 16.0 Å². The van der Waals surface area contributed by atoms with Gasteiger partial charge in [0.05, 0.1) is 12.2 Å². The maximum Gasteiger partial charge on any atom is 0.341 e. The highest BCUT2D eigenvalue weighted by Crippen LogP contribution is 2.37. The second kappa shape index (κ2) is 9.89. The van der Waals surface area contributed by atoms with Crippen LogP contribution in [-0.2, 0) is 22.4 Å². The van der Waals surface area contributed by atoms with Crippen molar-refractivity contribution in [1.29, 1.82) is 0 Å². The van der Waals surface area contributed by atoms with Crippen molar-refractivity contribution in [3.05, 3.63) is 56.9 Å². The third kappa shape index (κ3) is 5.24. The fraction of sp³-hybridized carbons (Fsp3) is 0.364. The van der Waals surface area contributed by atoms with Gasteiger partial charge in [-0.25, -0.2) is 4.79 Å². The van der Waals surface area contributed by atoms with Crippen LogP contribution in [0, 0.1) is 0 Å². The molecule has 4 nitrogen and oxygen atoms in total. The summed E-state index contributed by atoms with van der Waals surface area (Å²) in [6.45, 7) is 2.11. The topological polar surface area (TPSA) is 55.4 Å². The van der Waals surface area contributed by atoms with E-state index in [0.717, 1.165) is 36.8 Å². The van der Waals surface area contributed by atoms with Crippen molar-refractivity contribution in [1.82, 2.24) is 0 Å². The fourth-order valence-electron chi connectivity index (χ4n) is 3.33. The van der Waals surface area contributed by atoms with Crippen LogP contribution in [0.25, 0.3) is 6.08 Å². The van der Waals surface area contributed by atoms with Crippen LogP contribution in [0.3, 0.4) is 0 Å². The van der Waals surface area contributed by atoms with E-state index in [4.69, 9.17) is 16.3 Å². The van der Waals surface area contributed by atoms with Gasteiger partial charge in [0.1, 0.15) is 5.00 Å². The molecule has 0 spiro atoms. The number of thiophene rings is 1.